The third-order valence-electron chi connectivity index (χ3n) is 8.14. The van der Waals surface area contributed by atoms with E-state index in [1.807, 2.05) is 62.5 Å². The third-order valence-corrected chi connectivity index (χ3v) is 11.4. The average Bonchev–Trinajstić information content (AvgIpc) is 3.61. The Labute approximate surface area is 294 Å². The SMILES string of the molecule is CCCN(CCC)S(=O)(=O)c1cccc(-c2nn(-c3ccccc3)cc2/C=C2\SC(=S)N(CCCCCCCCCCC(=O)O)C2=O)c1. The van der Waals surface area contributed by atoms with Gasteiger partial charge in [0.05, 0.1) is 15.5 Å². The van der Waals surface area contributed by atoms with Gasteiger partial charge in [-0.15, -0.1) is 0 Å². The van der Waals surface area contributed by atoms with Crippen LogP contribution in [0.3, 0.4) is 0 Å². The van der Waals surface area contributed by atoms with Crippen molar-refractivity contribution < 1.29 is 23.1 Å². The van der Waals surface area contributed by atoms with Crippen molar-refractivity contribution in [3.05, 3.63) is 71.3 Å². The summed E-state index contributed by atoms with van der Waals surface area (Å²) in [5.74, 6) is -0.865. The minimum atomic E-state index is -3.70. The van der Waals surface area contributed by atoms with Crippen LogP contribution in [-0.4, -0.2) is 68.3 Å². The van der Waals surface area contributed by atoms with Gasteiger partial charge in [-0.25, -0.2) is 13.1 Å². The highest BCUT2D eigenvalue weighted by Gasteiger charge is 2.32. The monoisotopic (exact) mass is 710 g/mol. The zero-order chi connectivity index (χ0) is 34.5. The van der Waals surface area contributed by atoms with Crippen LogP contribution in [0, 0.1) is 0 Å². The average molecular weight is 711 g/mol. The lowest BCUT2D eigenvalue weighted by molar-refractivity contribution is -0.137. The van der Waals surface area contributed by atoms with Gasteiger partial charge in [0.25, 0.3) is 5.91 Å². The van der Waals surface area contributed by atoms with E-state index in [1.54, 1.807) is 27.8 Å². The number of carbonyl (C=O) groups is 2. The molecule has 1 aromatic heterocycles. The van der Waals surface area contributed by atoms with E-state index >= 15 is 0 Å². The van der Waals surface area contributed by atoms with Gasteiger partial charge in [-0.2, -0.15) is 9.40 Å². The summed E-state index contributed by atoms with van der Waals surface area (Å²) in [5, 5.41) is 13.6. The van der Waals surface area contributed by atoms with Crippen molar-refractivity contribution in [2.24, 2.45) is 0 Å². The van der Waals surface area contributed by atoms with Crippen LogP contribution < -0.4 is 0 Å². The highest BCUT2D eigenvalue weighted by Crippen LogP contribution is 2.35. The maximum atomic E-state index is 13.6. The summed E-state index contributed by atoms with van der Waals surface area (Å²) in [4.78, 5) is 26.6. The Morgan fingerprint density at radius 3 is 2.23 bits per heavy atom. The van der Waals surface area contributed by atoms with Gasteiger partial charge < -0.3 is 5.11 Å². The first-order valence-corrected chi connectivity index (χ1v) is 19.5. The Morgan fingerprint density at radius 2 is 1.58 bits per heavy atom. The van der Waals surface area contributed by atoms with E-state index in [-0.39, 0.29) is 17.2 Å². The van der Waals surface area contributed by atoms with Crippen molar-refractivity contribution in [3.63, 3.8) is 0 Å². The molecule has 0 radical (unpaired) electrons. The van der Waals surface area contributed by atoms with Crippen LogP contribution in [0.5, 0.6) is 0 Å². The smallest absolute Gasteiger partial charge is 0.303 e. The summed E-state index contributed by atoms with van der Waals surface area (Å²) < 4.78 is 31.1. The summed E-state index contributed by atoms with van der Waals surface area (Å²) in [6.45, 7) is 5.40. The molecule has 1 fully saturated rings. The van der Waals surface area contributed by atoms with Crippen LogP contribution in [0.15, 0.2) is 70.6 Å². The van der Waals surface area contributed by atoms with E-state index in [0.717, 1.165) is 69.9 Å². The number of hydrogen-bond acceptors (Lipinski definition) is 7. The zero-order valence-corrected chi connectivity index (χ0v) is 30.3. The number of benzene rings is 2. The first-order chi connectivity index (χ1) is 23.1. The Balaban J connectivity index is 1.51. The van der Waals surface area contributed by atoms with Gasteiger partial charge in [0.2, 0.25) is 10.0 Å². The molecule has 4 rings (SSSR count). The van der Waals surface area contributed by atoms with Crippen molar-refractivity contribution in [2.45, 2.75) is 89.4 Å². The maximum absolute atomic E-state index is 13.6. The molecule has 9 nitrogen and oxygen atoms in total. The van der Waals surface area contributed by atoms with Crippen LogP contribution in [0.1, 0.15) is 90.0 Å². The van der Waals surface area contributed by atoms with Crippen molar-refractivity contribution in [1.29, 1.82) is 0 Å². The number of para-hydroxylation sites is 1. The first-order valence-electron chi connectivity index (χ1n) is 16.9. The molecule has 3 aromatic rings. The van der Waals surface area contributed by atoms with E-state index in [4.69, 9.17) is 22.4 Å². The number of thiocarbonyl (C=S) groups is 1. The highest BCUT2D eigenvalue weighted by molar-refractivity contribution is 8.26. The molecule has 0 saturated carbocycles. The molecule has 1 aliphatic rings. The number of aromatic nitrogens is 2. The number of nitrogens with zero attached hydrogens (tertiary/aromatic N) is 4. The molecular weight excluding hydrogens is 665 g/mol. The molecule has 48 heavy (non-hydrogen) atoms. The second kappa shape index (κ2) is 18.4. The normalized spacial score (nSPS) is 14.5. The number of carboxylic acids is 1. The lowest BCUT2D eigenvalue weighted by atomic mass is 10.1. The van der Waals surface area contributed by atoms with Gasteiger partial charge in [-0.1, -0.05) is 107 Å². The van der Waals surface area contributed by atoms with Crippen LogP contribution in [0.2, 0.25) is 0 Å². The molecule has 1 amide bonds. The summed E-state index contributed by atoms with van der Waals surface area (Å²) in [7, 11) is -3.70. The number of carbonyl (C=O) groups excluding carboxylic acids is 1. The molecule has 0 unspecified atom stereocenters. The van der Waals surface area contributed by atoms with Crippen molar-refractivity contribution in [3.8, 4) is 16.9 Å². The molecular formula is C36H46N4O5S3. The predicted octanol–water partition coefficient (Wildman–Crippen LogP) is 8.15. The summed E-state index contributed by atoms with van der Waals surface area (Å²) in [6, 6.07) is 16.5. The maximum Gasteiger partial charge on any atom is 0.303 e. The lowest BCUT2D eigenvalue weighted by Crippen LogP contribution is -2.32. The lowest BCUT2D eigenvalue weighted by Gasteiger charge is -2.21. The standard InChI is InChI=1S/C36H46N4O5S3/c1-3-22-38(23-4-2)48(44,45)31-20-16-17-28(25-31)34-29(27-40(37-34)30-18-12-11-13-19-30)26-32-35(43)39(36(46)47-32)24-15-10-8-6-5-7-9-14-21-33(41)42/h11-13,16-20,25-27H,3-10,14-15,21-24H2,1-2H3,(H,41,42)/b32-26-. The number of unbranched alkanes of at least 4 members (excludes halogenated alkanes) is 7. The number of aliphatic carboxylic acids is 1. The fourth-order valence-electron chi connectivity index (χ4n) is 5.67. The molecule has 258 valence electrons. The Bertz CT molecular complexity index is 1680. The Morgan fingerprint density at radius 1 is 0.938 bits per heavy atom. The summed E-state index contributed by atoms with van der Waals surface area (Å²) >= 11 is 6.89. The molecule has 1 aliphatic heterocycles. The number of thioether (sulfide) groups is 1. The molecule has 1 saturated heterocycles. The highest BCUT2D eigenvalue weighted by atomic mass is 32.2. The predicted molar refractivity (Wildman–Crippen MR) is 197 cm³/mol. The van der Waals surface area contributed by atoms with E-state index in [9.17, 15) is 18.0 Å². The number of carboxylic acid groups (broad SMARTS) is 1. The quantitative estimate of drug-likeness (QED) is 0.0711. The Hall–Kier alpha value is -3.32. The number of rotatable bonds is 20. The van der Waals surface area contributed by atoms with Crippen LogP contribution in [-0.2, 0) is 19.6 Å². The van der Waals surface area contributed by atoms with Gasteiger partial charge in [0, 0.05) is 43.4 Å². The van der Waals surface area contributed by atoms with Crippen molar-refractivity contribution in [1.82, 2.24) is 19.0 Å². The molecule has 0 atom stereocenters. The second-order valence-corrected chi connectivity index (χ2v) is 15.6. The van der Waals surface area contributed by atoms with E-state index in [2.05, 4.69) is 0 Å². The van der Waals surface area contributed by atoms with Crippen LogP contribution in [0.25, 0.3) is 23.0 Å². The number of sulfonamides is 1. The largest absolute Gasteiger partial charge is 0.481 e. The van der Waals surface area contributed by atoms with Gasteiger partial charge >= 0.3 is 5.97 Å². The zero-order valence-electron chi connectivity index (χ0n) is 27.8. The van der Waals surface area contributed by atoms with Gasteiger partial charge in [-0.3, -0.25) is 14.5 Å². The molecule has 12 heteroatoms. The van der Waals surface area contributed by atoms with Gasteiger partial charge in [-0.05, 0) is 56.0 Å². The minimum Gasteiger partial charge on any atom is -0.481 e. The van der Waals surface area contributed by atoms with E-state index in [0.29, 0.717) is 45.7 Å². The first kappa shape index (κ1) is 37.5. The van der Waals surface area contributed by atoms with Crippen LogP contribution in [0.4, 0.5) is 0 Å². The Kier molecular flexibility index (Phi) is 14.4. The number of hydrogen-bond donors (Lipinski definition) is 1. The molecule has 2 heterocycles. The topological polar surface area (TPSA) is 113 Å². The minimum absolute atomic E-state index is 0.132. The van der Waals surface area contributed by atoms with Gasteiger partial charge in [0.15, 0.2) is 0 Å². The van der Waals surface area contributed by atoms with Crippen molar-refractivity contribution >= 4 is 56.3 Å². The fraction of sp³-hybridized carbons (Fsp3) is 0.444. The molecule has 2 aromatic carbocycles. The third kappa shape index (κ3) is 10.1. The second-order valence-electron chi connectivity index (χ2n) is 12.0. The molecule has 1 N–H and O–H groups in total. The molecule has 0 bridgehead atoms. The summed E-state index contributed by atoms with van der Waals surface area (Å²) in [5.41, 5.74) is 2.74. The number of amides is 1. The molecule has 0 spiro atoms. The molecule has 0 aliphatic carbocycles. The fourth-order valence-corrected chi connectivity index (χ4v) is 8.64. The van der Waals surface area contributed by atoms with E-state index < -0.39 is 16.0 Å². The van der Waals surface area contributed by atoms with Gasteiger partial charge in [0.1, 0.15) is 10.0 Å². The summed E-state index contributed by atoms with van der Waals surface area (Å²) in [6.07, 6.45) is 13.2. The van der Waals surface area contributed by atoms with E-state index in [1.165, 1.54) is 16.1 Å². The van der Waals surface area contributed by atoms with Crippen LogP contribution >= 0.6 is 24.0 Å². The van der Waals surface area contributed by atoms with Crippen molar-refractivity contribution in [2.75, 3.05) is 19.6 Å².